The summed E-state index contributed by atoms with van der Waals surface area (Å²) in [4.78, 5) is 0. The third-order valence-electron chi connectivity index (χ3n) is 4.04. The molecule has 0 aromatic heterocycles. The van der Waals surface area contributed by atoms with E-state index in [0.29, 0.717) is 6.04 Å². The van der Waals surface area contributed by atoms with Gasteiger partial charge in [0.2, 0.25) is 0 Å². The van der Waals surface area contributed by atoms with Gasteiger partial charge in [0.25, 0.3) is 0 Å². The second kappa shape index (κ2) is 33.9. The van der Waals surface area contributed by atoms with Gasteiger partial charge in [0, 0.05) is 85.9 Å². The molecule has 34 heavy (non-hydrogen) atoms. The van der Waals surface area contributed by atoms with Crippen LogP contribution in [0, 0.1) is 0 Å². The lowest BCUT2D eigenvalue weighted by atomic mass is 11.0. The summed E-state index contributed by atoms with van der Waals surface area (Å²) in [6, 6.07) is 0.942. The van der Waals surface area contributed by atoms with Crippen LogP contribution in [0.4, 0.5) is 0 Å². The van der Waals surface area contributed by atoms with E-state index in [1.54, 1.807) is 21.3 Å². The van der Waals surface area contributed by atoms with E-state index in [2.05, 4.69) is 51.1 Å². The summed E-state index contributed by atoms with van der Waals surface area (Å²) in [5.41, 5.74) is 0. The molecule has 0 aromatic rings. The largest absolute Gasteiger partial charge is 0.482 e. The Kier molecular flexibility index (Phi) is 53.0. The van der Waals surface area contributed by atoms with Crippen molar-refractivity contribution >= 4 is 102 Å². The van der Waals surface area contributed by atoms with Crippen LogP contribution in [-0.2, 0) is 21.5 Å². The van der Waals surface area contributed by atoms with E-state index in [9.17, 15) is 0 Å². The van der Waals surface area contributed by atoms with Gasteiger partial charge in [-0.2, -0.15) is 0 Å². The second-order valence-electron chi connectivity index (χ2n) is 5.80. The molecule has 0 aliphatic carbocycles. The Labute approximate surface area is 252 Å². The zero-order valence-corrected chi connectivity index (χ0v) is 32.7. The van der Waals surface area contributed by atoms with Crippen LogP contribution in [-0.4, -0.2) is 89.9 Å². The summed E-state index contributed by atoms with van der Waals surface area (Å²) in [6.07, 6.45) is 0. The molecule has 0 saturated carbocycles. The Bertz CT molecular complexity index is 348. The SMILES string of the molecule is C.CC[Si](C)(OC)O[Si](CC)(OC)O[Si](C)(CC)OC.CC[Si](Cl)(Cl)Cl.CO.CO.CO.II. The van der Waals surface area contributed by atoms with E-state index in [-0.39, 0.29) is 7.43 Å². The van der Waals surface area contributed by atoms with Gasteiger partial charge in [-0.3, -0.25) is 0 Å². The van der Waals surface area contributed by atoms with Crippen molar-refractivity contribution in [1.29, 1.82) is 0 Å². The number of aliphatic hydroxyl groups excluding tert-OH is 3. The predicted molar refractivity (Wildman–Crippen MR) is 177 cm³/mol. The van der Waals surface area contributed by atoms with Crippen LogP contribution < -0.4 is 0 Å². The van der Waals surface area contributed by atoms with E-state index in [1.807, 2.05) is 26.9 Å². The Morgan fingerprint density at radius 2 is 0.824 bits per heavy atom. The van der Waals surface area contributed by atoms with Crippen LogP contribution in [0.2, 0.25) is 37.3 Å². The van der Waals surface area contributed by atoms with E-state index in [1.165, 1.54) is 0 Å². The third-order valence-corrected chi connectivity index (χ3v) is 19.0. The highest BCUT2D eigenvalue weighted by Crippen LogP contribution is 2.28. The van der Waals surface area contributed by atoms with E-state index in [4.69, 9.17) is 70.1 Å². The molecule has 17 heteroatoms. The number of rotatable bonds is 11. The van der Waals surface area contributed by atoms with Crippen molar-refractivity contribution in [3.63, 3.8) is 0 Å². The molecule has 8 nitrogen and oxygen atoms in total. The Morgan fingerprint density at radius 3 is 0.912 bits per heavy atom. The maximum atomic E-state index is 7.00. The molecule has 0 rings (SSSR count). The van der Waals surface area contributed by atoms with Gasteiger partial charge in [-0.25, -0.2) is 0 Å². The first-order chi connectivity index (χ1) is 15.3. The summed E-state index contributed by atoms with van der Waals surface area (Å²) >= 11 is 20.4. The van der Waals surface area contributed by atoms with Crippen LogP contribution in [0.3, 0.4) is 0 Å². The van der Waals surface area contributed by atoms with Crippen LogP contribution in [0.1, 0.15) is 35.1 Å². The fourth-order valence-corrected chi connectivity index (χ4v) is 11.9. The quantitative estimate of drug-likeness (QED) is 0.116. The van der Waals surface area contributed by atoms with Gasteiger partial charge in [-0.1, -0.05) is 35.1 Å². The molecule has 218 valence electrons. The zero-order valence-electron chi connectivity index (χ0n) is 22.1. The molecule has 0 radical (unpaired) electrons. The molecule has 3 N–H and O–H groups in total. The second-order valence-corrected chi connectivity index (χ2v) is 26.2. The monoisotopic (exact) mass is 854 g/mol. The summed E-state index contributed by atoms with van der Waals surface area (Å²) in [5.74, 6) is 0. The van der Waals surface area contributed by atoms with Gasteiger partial charge in [-0.05, 0) is 31.2 Å². The normalized spacial score (nSPS) is 14.8. The highest BCUT2D eigenvalue weighted by Gasteiger charge is 2.50. The van der Waals surface area contributed by atoms with Crippen molar-refractivity contribution in [2.24, 2.45) is 0 Å². The molecule has 0 aliphatic rings. The van der Waals surface area contributed by atoms with Crippen molar-refractivity contribution in [1.82, 2.24) is 0 Å². The fraction of sp³-hybridized carbons (Fsp3) is 1.00. The van der Waals surface area contributed by atoms with Crippen LogP contribution in [0.15, 0.2) is 0 Å². The topological polar surface area (TPSA) is 107 Å². The van der Waals surface area contributed by atoms with E-state index < -0.39 is 31.9 Å². The molecule has 0 fully saturated rings. The minimum atomic E-state index is -2.72. The maximum absolute atomic E-state index is 7.00. The zero-order chi connectivity index (χ0) is 28.4. The van der Waals surface area contributed by atoms with Crippen LogP contribution in [0.5, 0.6) is 0 Å². The Morgan fingerprint density at radius 1 is 0.588 bits per heavy atom. The van der Waals surface area contributed by atoms with E-state index >= 15 is 0 Å². The lowest BCUT2D eigenvalue weighted by molar-refractivity contribution is 0.148. The van der Waals surface area contributed by atoms with Gasteiger partial charge in [-0.15, -0.1) is 33.2 Å². The van der Waals surface area contributed by atoms with Crippen molar-refractivity contribution in [3.8, 4) is 0 Å². The first-order valence-electron chi connectivity index (χ1n) is 9.95. The molecule has 2 unspecified atom stereocenters. The maximum Gasteiger partial charge on any atom is 0.482 e. The van der Waals surface area contributed by atoms with E-state index in [0.717, 1.165) is 39.5 Å². The Balaban J connectivity index is -0.0000000812. The molecule has 0 saturated heterocycles. The smallest absolute Gasteiger partial charge is 0.400 e. The number of halogens is 5. The van der Waals surface area contributed by atoms with Crippen molar-refractivity contribution in [2.75, 3.05) is 42.7 Å². The lowest BCUT2D eigenvalue weighted by Gasteiger charge is -2.39. The Hall–Kier alpha value is 2.88. The van der Waals surface area contributed by atoms with Crippen LogP contribution >= 0.6 is 70.5 Å². The average Bonchev–Trinajstić information content (AvgIpc) is 2.88. The summed E-state index contributed by atoms with van der Waals surface area (Å²) < 4.78 is 29.5. The average molecular weight is 856 g/mol. The number of hydrogen-bond acceptors (Lipinski definition) is 8. The van der Waals surface area contributed by atoms with Crippen molar-refractivity contribution in [3.05, 3.63) is 0 Å². The van der Waals surface area contributed by atoms with Gasteiger partial charge in [0.1, 0.15) is 0 Å². The highest BCUT2D eigenvalue weighted by atomic mass is 128. The molecule has 2 atom stereocenters. The van der Waals surface area contributed by atoms with Crippen LogP contribution in [0.25, 0.3) is 0 Å². The summed E-state index contributed by atoms with van der Waals surface area (Å²) in [7, 11) is 0.898. The highest BCUT2D eigenvalue weighted by molar-refractivity contribution is 15.0. The molecular weight excluding hydrogens is 805 g/mol. The summed E-state index contributed by atoms with van der Waals surface area (Å²) in [5, 5.41) is 21.0. The molecule has 0 spiro atoms. The van der Waals surface area contributed by atoms with Crippen molar-refractivity contribution < 1.29 is 36.8 Å². The standard InChI is InChI=1S/C11H30O5Si3.C2H5Cl3Si.3CH4O.CH4.I2/c1-9-17(7,12-4)15-19(11-3,14-6)16-18(8,10-2)13-5;1-2-6(3,4)5;3*1-2;;1-2/h9-11H2,1-8H3;2H2,1H3;3*2H,1H3;1H4;. The first-order valence-corrected chi connectivity index (χ1v) is 28.5. The molecule has 0 heterocycles. The molecule has 0 bridgehead atoms. The lowest BCUT2D eigenvalue weighted by Crippen LogP contribution is -2.59. The van der Waals surface area contributed by atoms with Crippen molar-refractivity contribution in [2.45, 2.75) is 72.4 Å². The molecule has 0 amide bonds. The fourth-order valence-electron chi connectivity index (χ4n) is 1.57. The van der Waals surface area contributed by atoms with Gasteiger partial charge in [0.05, 0.1) is 0 Å². The molecular formula is C17H51Cl3I2O8Si4. The molecule has 0 aliphatic heterocycles. The first kappa shape index (κ1) is 53.2. The summed E-state index contributed by atoms with van der Waals surface area (Å²) in [6.45, 7) is 12.2. The van der Waals surface area contributed by atoms with Gasteiger partial charge in [0.15, 0.2) is 0 Å². The minimum Gasteiger partial charge on any atom is -0.400 e. The third kappa shape index (κ3) is 31.1. The number of aliphatic hydroxyl groups is 3. The van der Waals surface area contributed by atoms with Gasteiger partial charge < -0.3 is 36.8 Å². The van der Waals surface area contributed by atoms with Gasteiger partial charge >= 0.3 is 31.9 Å². The predicted octanol–water partition coefficient (Wildman–Crippen LogP) is 7.00. The molecule has 0 aromatic carbocycles. The number of hydrogen-bond donors (Lipinski definition) is 3. The minimum absolute atomic E-state index is 0.